The first-order valence-electron chi connectivity index (χ1n) is 28.1. The van der Waals surface area contributed by atoms with E-state index in [1.807, 2.05) is 48.0 Å². The topological polar surface area (TPSA) is 172 Å². The monoisotopic (exact) mass is 1000 g/mol. The fourth-order valence-electron chi connectivity index (χ4n) is 12.1. The Morgan fingerprint density at radius 3 is 2.01 bits per heavy atom. The van der Waals surface area contributed by atoms with Crippen LogP contribution in [0.2, 0.25) is 0 Å². The molecule has 9 atom stereocenters. The number of esters is 2. The van der Waals surface area contributed by atoms with Crippen molar-refractivity contribution in [3.05, 3.63) is 112 Å². The largest absolute Gasteiger partial charge is 0.508 e. The van der Waals surface area contributed by atoms with Crippen molar-refractivity contribution in [1.29, 1.82) is 0 Å². The van der Waals surface area contributed by atoms with Crippen LogP contribution < -0.4 is 4.74 Å². The van der Waals surface area contributed by atoms with Crippen molar-refractivity contribution in [3.8, 4) is 17.2 Å². The molecular weight excluding hydrogens is 923 g/mol. The van der Waals surface area contributed by atoms with Gasteiger partial charge in [-0.2, -0.15) is 0 Å². The SMILES string of the molecule is CCCCCC[C@H](CCC[C@H](O)[C@H]1CC[C@@H]([C@H]2CC[C@@H]([C@H](O)CCCCCCCCCCCC3=C[C@H](C)OC3=O)O2)O1)n1cc(CCc2ccc3c(c2)Oc2cc(O)ccc2C32OC(=O)c3ccccc32)nn1. The molecule has 2 fully saturated rings. The van der Waals surface area contributed by atoms with Crippen molar-refractivity contribution in [3.63, 3.8) is 0 Å². The van der Waals surface area contributed by atoms with Crippen LogP contribution in [0.15, 0.2) is 78.5 Å². The third-order valence-corrected chi connectivity index (χ3v) is 16.2. The highest BCUT2D eigenvalue weighted by molar-refractivity contribution is 5.97. The van der Waals surface area contributed by atoms with Crippen LogP contribution in [-0.2, 0) is 42.2 Å². The van der Waals surface area contributed by atoms with Crippen molar-refractivity contribution in [2.75, 3.05) is 0 Å². The smallest absolute Gasteiger partial charge is 0.340 e. The maximum absolute atomic E-state index is 13.2. The molecule has 0 bridgehead atoms. The number of carbonyl (C=O) groups is 2. The molecule has 0 amide bonds. The van der Waals surface area contributed by atoms with Gasteiger partial charge in [-0.15, -0.1) is 5.10 Å². The van der Waals surface area contributed by atoms with E-state index in [9.17, 15) is 24.9 Å². The number of benzene rings is 3. The molecule has 73 heavy (non-hydrogen) atoms. The zero-order valence-corrected chi connectivity index (χ0v) is 43.3. The first-order chi connectivity index (χ1) is 35.6. The van der Waals surface area contributed by atoms with Gasteiger partial charge in [0.15, 0.2) is 5.60 Å². The van der Waals surface area contributed by atoms with Crippen LogP contribution in [-0.4, -0.2) is 85.0 Å². The summed E-state index contributed by atoms with van der Waals surface area (Å²) in [5.74, 6) is 0.560. The quantitative estimate of drug-likeness (QED) is 0.0364. The fraction of sp³-hybridized carbons (Fsp3) is 0.600. The number of carbonyl (C=O) groups excluding carboxylic acids is 2. The predicted molar refractivity (Wildman–Crippen MR) is 278 cm³/mol. The minimum absolute atomic E-state index is 0.0321. The second kappa shape index (κ2) is 25.0. The number of nitrogens with zero attached hydrogens (tertiary/aromatic N) is 3. The summed E-state index contributed by atoms with van der Waals surface area (Å²) in [6.45, 7) is 4.14. The van der Waals surface area contributed by atoms with E-state index in [0.717, 1.165) is 118 Å². The summed E-state index contributed by atoms with van der Waals surface area (Å²) in [7, 11) is 0. The fourth-order valence-corrected chi connectivity index (χ4v) is 12.1. The van der Waals surface area contributed by atoms with Crippen LogP contribution in [0.25, 0.3) is 0 Å². The molecule has 4 aromatic rings. The molecule has 6 heterocycles. The molecule has 1 unspecified atom stereocenters. The van der Waals surface area contributed by atoms with Crippen LogP contribution in [0.3, 0.4) is 0 Å². The molecule has 5 aliphatic rings. The molecule has 394 valence electrons. The van der Waals surface area contributed by atoms with Gasteiger partial charge in [0.1, 0.15) is 23.4 Å². The van der Waals surface area contributed by atoms with Crippen molar-refractivity contribution >= 4 is 11.9 Å². The molecule has 13 heteroatoms. The molecule has 1 spiro atoms. The van der Waals surface area contributed by atoms with Crippen LogP contribution in [0.1, 0.15) is 206 Å². The molecule has 5 aliphatic heterocycles. The normalized spacial score (nSPS) is 24.2. The lowest BCUT2D eigenvalue weighted by atomic mass is 9.77. The highest BCUT2D eigenvalue weighted by Crippen LogP contribution is 2.56. The molecule has 3 N–H and O–H groups in total. The van der Waals surface area contributed by atoms with E-state index < -0.39 is 23.8 Å². The Morgan fingerprint density at radius 2 is 1.30 bits per heavy atom. The molecule has 1 aromatic heterocycles. The second-order valence-electron chi connectivity index (χ2n) is 21.6. The lowest BCUT2D eigenvalue weighted by Gasteiger charge is -2.36. The third kappa shape index (κ3) is 12.7. The Balaban J connectivity index is 0.693. The van der Waals surface area contributed by atoms with Gasteiger partial charge in [-0.05, 0) is 126 Å². The Kier molecular flexibility index (Phi) is 18.0. The summed E-state index contributed by atoms with van der Waals surface area (Å²) in [5.41, 5.74) is 4.29. The van der Waals surface area contributed by atoms with Gasteiger partial charge in [-0.3, -0.25) is 0 Å². The van der Waals surface area contributed by atoms with Gasteiger partial charge in [0.05, 0.1) is 53.9 Å². The highest BCUT2D eigenvalue weighted by Gasteiger charge is 2.53. The number of phenolic OH excluding ortho intramolecular Hbond substituents is 1. The van der Waals surface area contributed by atoms with Gasteiger partial charge in [-0.1, -0.05) is 120 Å². The number of aromatic hydroxyl groups is 1. The maximum Gasteiger partial charge on any atom is 0.340 e. The Hall–Kier alpha value is -5.08. The van der Waals surface area contributed by atoms with E-state index >= 15 is 0 Å². The van der Waals surface area contributed by atoms with Crippen molar-refractivity contribution in [2.24, 2.45) is 0 Å². The van der Waals surface area contributed by atoms with E-state index in [-0.39, 0.29) is 48.3 Å². The number of rotatable bonds is 28. The number of hydrogen-bond acceptors (Lipinski definition) is 12. The molecule has 9 rings (SSSR count). The van der Waals surface area contributed by atoms with Crippen molar-refractivity contribution in [1.82, 2.24) is 15.0 Å². The zero-order chi connectivity index (χ0) is 50.7. The summed E-state index contributed by atoms with van der Waals surface area (Å²) in [6, 6.07) is 18.6. The van der Waals surface area contributed by atoms with Gasteiger partial charge >= 0.3 is 11.9 Å². The van der Waals surface area contributed by atoms with E-state index in [4.69, 9.17) is 23.7 Å². The number of unbranched alkanes of at least 4 members (excludes halogenated alkanes) is 11. The van der Waals surface area contributed by atoms with Crippen molar-refractivity contribution in [2.45, 2.75) is 229 Å². The Labute approximate surface area is 432 Å². The number of aliphatic hydroxyl groups is 2. The van der Waals surface area contributed by atoms with E-state index in [2.05, 4.69) is 29.5 Å². The molecule has 13 nitrogen and oxygen atoms in total. The predicted octanol–water partition coefficient (Wildman–Crippen LogP) is 12.0. The van der Waals surface area contributed by atoms with Crippen LogP contribution >= 0.6 is 0 Å². The standard InChI is InChI=1S/C60H79N3O10/c1-3-4-5-14-20-44(63-39-43(61-62-63)28-26-41-27-30-48-56(37-41)72-57-38-45(64)29-31-49(57)60(48)47-23-17-16-22-46(47)59(68)73-60)21-18-25-51(66)53-33-35-55(71-53)54-34-32-52(70-54)50(65)24-15-12-10-8-6-7-9-11-13-19-42-36-40(2)69-58(42)67/h16-17,22-23,27,29-31,36-40,44,50-55,64-66H,3-15,18-21,24-26,28,32-35H2,1-2H3/t40-,44+,50+,51-,52-,53+,54+,55-,60?/m0/s1. The number of hydrogen-bond donors (Lipinski definition) is 3. The average molecular weight is 1000 g/mol. The van der Waals surface area contributed by atoms with E-state index in [0.29, 0.717) is 41.9 Å². The van der Waals surface area contributed by atoms with Crippen LogP contribution in [0.5, 0.6) is 17.2 Å². The Morgan fingerprint density at radius 1 is 0.671 bits per heavy atom. The first-order valence-corrected chi connectivity index (χ1v) is 28.1. The van der Waals surface area contributed by atoms with Gasteiger partial charge in [0.25, 0.3) is 0 Å². The summed E-state index contributed by atoms with van der Waals surface area (Å²) in [4.78, 5) is 25.0. The van der Waals surface area contributed by atoms with Gasteiger partial charge in [0.2, 0.25) is 0 Å². The molecule has 3 aromatic carbocycles. The van der Waals surface area contributed by atoms with Crippen molar-refractivity contribution < 1.29 is 48.6 Å². The minimum atomic E-state index is -1.18. The summed E-state index contributed by atoms with van der Waals surface area (Å²) >= 11 is 0. The van der Waals surface area contributed by atoms with E-state index in [1.54, 1.807) is 24.3 Å². The molecule has 0 radical (unpaired) electrons. The number of phenols is 1. The van der Waals surface area contributed by atoms with E-state index in [1.165, 1.54) is 51.4 Å². The number of aromatic nitrogens is 3. The molecule has 0 aliphatic carbocycles. The summed E-state index contributed by atoms with van der Waals surface area (Å²) in [5, 5.41) is 42.1. The average Bonchev–Trinajstić information content (AvgIpc) is 4.26. The number of cyclic esters (lactones) is 1. The molecular formula is C60H79N3O10. The first kappa shape index (κ1) is 52.8. The van der Waals surface area contributed by atoms with Gasteiger partial charge in [0, 0.05) is 34.5 Å². The highest BCUT2D eigenvalue weighted by atomic mass is 16.6. The number of fused-ring (bicyclic) bond motifs is 6. The number of aliphatic hydroxyl groups excluding tert-OH is 2. The molecule has 0 saturated carbocycles. The third-order valence-electron chi connectivity index (χ3n) is 16.2. The second-order valence-corrected chi connectivity index (χ2v) is 21.6. The summed E-state index contributed by atoms with van der Waals surface area (Å²) in [6.07, 6.45) is 27.4. The Bertz CT molecular complexity index is 2510. The lowest BCUT2D eigenvalue weighted by Crippen LogP contribution is -2.33. The maximum atomic E-state index is 13.2. The lowest BCUT2D eigenvalue weighted by molar-refractivity contribution is -0.139. The minimum Gasteiger partial charge on any atom is -0.508 e. The molecule has 2 saturated heterocycles. The van der Waals surface area contributed by atoms with Crippen LogP contribution in [0.4, 0.5) is 0 Å². The van der Waals surface area contributed by atoms with Crippen LogP contribution in [0, 0.1) is 0 Å². The van der Waals surface area contributed by atoms with Gasteiger partial charge < -0.3 is 39.0 Å². The number of aryl methyl sites for hydroxylation is 2. The summed E-state index contributed by atoms with van der Waals surface area (Å²) < 4.78 is 32.8. The zero-order valence-electron chi connectivity index (χ0n) is 43.3. The number of ether oxygens (including phenoxy) is 5. The van der Waals surface area contributed by atoms with Gasteiger partial charge in [-0.25, -0.2) is 14.3 Å².